The van der Waals surface area contributed by atoms with E-state index in [1.807, 2.05) is 0 Å². The zero-order valence-electron chi connectivity index (χ0n) is 5.09. The van der Waals surface area contributed by atoms with E-state index in [0.29, 0.717) is 0 Å². The summed E-state index contributed by atoms with van der Waals surface area (Å²) >= 11 is 0. The molecule has 0 saturated heterocycles. The number of hydrogen-bond acceptors (Lipinski definition) is 2. The van der Waals surface area contributed by atoms with Gasteiger partial charge in [0.15, 0.2) is 0 Å². The van der Waals surface area contributed by atoms with Gasteiger partial charge in [-0.3, -0.25) is 4.79 Å². The van der Waals surface area contributed by atoms with Crippen LogP contribution in [-0.4, -0.2) is 17.1 Å². The quantitative estimate of drug-likeness (QED) is 0.504. The van der Waals surface area contributed by atoms with Crippen LogP contribution in [0.4, 0.5) is 0 Å². The molecule has 0 amide bonds. The summed E-state index contributed by atoms with van der Waals surface area (Å²) in [6.45, 7) is 3.55. The monoisotopic (exact) mass is 118 g/mol. The minimum atomic E-state index is -0.931. The van der Waals surface area contributed by atoms with E-state index in [0.717, 1.165) is 0 Å². The highest BCUT2D eigenvalue weighted by atomic mass is 16.5. The summed E-state index contributed by atoms with van der Waals surface area (Å²) in [6, 6.07) is -0.713. The first-order chi connectivity index (χ1) is 3.55. The fourth-order valence-corrected chi connectivity index (χ4v) is 0.285. The molecule has 1 unspecified atom stereocenters. The van der Waals surface area contributed by atoms with Crippen LogP contribution >= 0.6 is 0 Å². The molecule has 3 nitrogen and oxygen atoms in total. The van der Waals surface area contributed by atoms with Gasteiger partial charge < -0.3 is 10.8 Å². The molecule has 0 aromatic carbocycles. The van der Waals surface area contributed by atoms with E-state index < -0.39 is 12.0 Å². The van der Waals surface area contributed by atoms with Crippen molar-refractivity contribution in [2.45, 2.75) is 19.9 Å². The maximum atomic E-state index is 10.0. The molecule has 8 heavy (non-hydrogen) atoms. The third-order valence-corrected chi connectivity index (χ3v) is 1.00. The van der Waals surface area contributed by atoms with Crippen LogP contribution < -0.4 is 5.73 Å². The summed E-state index contributed by atoms with van der Waals surface area (Å²) in [5, 5.41) is 8.23. The Bertz CT molecular complexity index is 90.4. The van der Waals surface area contributed by atoms with Gasteiger partial charge in [0.2, 0.25) is 0 Å². The van der Waals surface area contributed by atoms with Gasteiger partial charge in [-0.25, -0.2) is 0 Å². The van der Waals surface area contributed by atoms with E-state index in [1.165, 1.54) is 0 Å². The lowest BCUT2D eigenvalue weighted by Gasteiger charge is -2.07. The second kappa shape index (κ2) is 2.67. The van der Waals surface area contributed by atoms with Crippen molar-refractivity contribution in [3.05, 3.63) is 0 Å². The first kappa shape index (κ1) is 7.43. The smallest absolute Gasteiger partial charge is 0.320 e. The molecular formula is C5H11NO2. The predicted molar refractivity (Wildman–Crippen MR) is 30.4 cm³/mol. The molecule has 0 aliphatic rings. The summed E-state index contributed by atoms with van der Waals surface area (Å²) in [6.07, 6.45) is 0. The minimum Gasteiger partial charge on any atom is -0.480 e. The van der Waals surface area contributed by atoms with Crippen LogP contribution in [0.1, 0.15) is 13.8 Å². The fraction of sp³-hybridized carbons (Fsp3) is 0.800. The van der Waals surface area contributed by atoms with Gasteiger partial charge in [-0.2, -0.15) is 0 Å². The Balaban J connectivity index is 3.64. The van der Waals surface area contributed by atoms with Gasteiger partial charge in [-0.05, 0) is 5.92 Å². The molecule has 0 fully saturated rings. The van der Waals surface area contributed by atoms with Crippen molar-refractivity contribution in [3.63, 3.8) is 0 Å². The molecule has 0 aliphatic carbocycles. The van der Waals surface area contributed by atoms with Gasteiger partial charge in [0.1, 0.15) is 6.04 Å². The van der Waals surface area contributed by atoms with E-state index in [9.17, 15) is 4.79 Å². The maximum Gasteiger partial charge on any atom is 0.320 e. The van der Waals surface area contributed by atoms with Crippen LogP contribution in [0.3, 0.4) is 0 Å². The van der Waals surface area contributed by atoms with Gasteiger partial charge in [0, 0.05) is 0 Å². The number of rotatable bonds is 2. The Kier molecular flexibility index (Phi) is 2.48. The van der Waals surface area contributed by atoms with Crippen LogP contribution in [0.2, 0.25) is 0 Å². The third-order valence-electron chi connectivity index (χ3n) is 1.00. The predicted octanol–water partition coefficient (Wildman–Crippen LogP) is 0.0543. The fourth-order valence-electron chi connectivity index (χ4n) is 0.285. The highest BCUT2D eigenvalue weighted by molar-refractivity contribution is 5.73. The minimum absolute atomic E-state index is 0.0208. The van der Waals surface area contributed by atoms with Gasteiger partial charge >= 0.3 is 5.97 Å². The Hall–Kier alpha value is -0.570. The molecule has 3 N–H and O–H groups in total. The Morgan fingerprint density at radius 2 is 2.00 bits per heavy atom. The van der Waals surface area contributed by atoms with E-state index >= 15 is 0 Å². The van der Waals surface area contributed by atoms with E-state index in [2.05, 4.69) is 0 Å². The summed E-state index contributed by atoms with van der Waals surface area (Å²) in [4.78, 5) is 10.0. The van der Waals surface area contributed by atoms with Crippen molar-refractivity contribution in [2.75, 3.05) is 0 Å². The molecule has 0 saturated carbocycles. The number of hydrogen-bond donors (Lipinski definition) is 2. The number of carboxylic acids is 1. The molecule has 0 heterocycles. The first-order valence-electron chi connectivity index (χ1n) is 2.54. The lowest BCUT2D eigenvalue weighted by Crippen LogP contribution is -2.34. The molecule has 0 bridgehead atoms. The molecule has 0 spiro atoms. The molecule has 3 heteroatoms. The molecule has 0 aromatic rings. The van der Waals surface area contributed by atoms with Crippen LogP contribution in [0.15, 0.2) is 0 Å². The number of carboxylic acid groups (broad SMARTS) is 1. The summed E-state index contributed by atoms with van der Waals surface area (Å²) < 4.78 is 0. The van der Waals surface area contributed by atoms with Gasteiger partial charge in [-0.1, -0.05) is 13.8 Å². The molecular weight excluding hydrogens is 107 g/mol. The number of carbonyl (C=O) groups is 1. The van der Waals surface area contributed by atoms with Crippen molar-refractivity contribution < 1.29 is 9.90 Å². The Labute approximate surface area is 48.5 Å². The molecule has 0 aliphatic heterocycles. The average Bonchev–Trinajstić information content (AvgIpc) is 1.64. The standard InChI is InChI=1S/C5H11NO2/c1-3(2)4(6)5(7)8/h3-4H,6H2,1-2H3,(H,7,8)/i5+1. The zero-order chi connectivity index (χ0) is 6.73. The van der Waals surface area contributed by atoms with Crippen molar-refractivity contribution >= 4 is 5.97 Å². The lowest BCUT2D eigenvalue weighted by atomic mass is 10.1. The van der Waals surface area contributed by atoms with E-state index in [4.69, 9.17) is 10.8 Å². The first-order valence-corrected chi connectivity index (χ1v) is 2.54. The molecule has 48 valence electrons. The van der Waals surface area contributed by atoms with E-state index in [-0.39, 0.29) is 5.92 Å². The van der Waals surface area contributed by atoms with Crippen LogP contribution in [-0.2, 0) is 4.79 Å². The highest BCUT2D eigenvalue weighted by Crippen LogP contribution is 1.96. The maximum absolute atomic E-state index is 10.0. The SMILES string of the molecule is CC(C)C(N)[13C](=O)O. The summed E-state index contributed by atoms with van der Waals surface area (Å²) in [5.74, 6) is -0.910. The van der Waals surface area contributed by atoms with Gasteiger partial charge in [0.25, 0.3) is 0 Å². The van der Waals surface area contributed by atoms with Crippen molar-refractivity contribution in [2.24, 2.45) is 11.7 Å². The molecule has 0 aromatic heterocycles. The second-order valence-corrected chi connectivity index (χ2v) is 2.11. The molecule has 0 rings (SSSR count). The van der Waals surface area contributed by atoms with Crippen molar-refractivity contribution in [1.29, 1.82) is 0 Å². The second-order valence-electron chi connectivity index (χ2n) is 2.11. The van der Waals surface area contributed by atoms with Crippen molar-refractivity contribution in [1.82, 2.24) is 0 Å². The molecule has 1 atom stereocenters. The Morgan fingerprint density at radius 1 is 1.62 bits per heavy atom. The highest BCUT2D eigenvalue weighted by Gasteiger charge is 2.14. The van der Waals surface area contributed by atoms with Crippen molar-refractivity contribution in [3.8, 4) is 0 Å². The summed E-state index contributed by atoms with van der Waals surface area (Å²) in [5.41, 5.74) is 5.16. The lowest BCUT2D eigenvalue weighted by molar-refractivity contribution is -0.139. The number of aliphatic carboxylic acids is 1. The van der Waals surface area contributed by atoms with Crippen LogP contribution in [0.5, 0.6) is 0 Å². The van der Waals surface area contributed by atoms with E-state index in [1.54, 1.807) is 13.8 Å². The summed E-state index contributed by atoms with van der Waals surface area (Å²) in [7, 11) is 0. The zero-order valence-corrected chi connectivity index (χ0v) is 5.09. The average molecular weight is 118 g/mol. The molecule has 0 radical (unpaired) electrons. The third kappa shape index (κ3) is 1.93. The van der Waals surface area contributed by atoms with Gasteiger partial charge in [0.05, 0.1) is 0 Å². The van der Waals surface area contributed by atoms with Crippen LogP contribution in [0.25, 0.3) is 0 Å². The largest absolute Gasteiger partial charge is 0.480 e. The van der Waals surface area contributed by atoms with Crippen LogP contribution in [0, 0.1) is 5.92 Å². The Morgan fingerprint density at radius 3 is 2.00 bits per heavy atom. The van der Waals surface area contributed by atoms with Gasteiger partial charge in [-0.15, -0.1) is 0 Å². The topological polar surface area (TPSA) is 63.3 Å². The normalized spacial score (nSPS) is 14.0. The number of nitrogens with two attached hydrogens (primary N) is 1.